The van der Waals surface area contributed by atoms with Gasteiger partial charge in [-0.3, -0.25) is 0 Å². The molecule has 2 nitrogen and oxygen atoms in total. The van der Waals surface area contributed by atoms with Crippen LogP contribution in [0.25, 0.3) is 0 Å². The van der Waals surface area contributed by atoms with Crippen molar-refractivity contribution in [1.29, 1.82) is 0 Å². The number of nitrogens with one attached hydrogen (secondary N) is 1. The first-order valence-electron chi connectivity index (χ1n) is 5.85. The van der Waals surface area contributed by atoms with E-state index < -0.39 is 0 Å². The molecule has 1 unspecified atom stereocenters. The van der Waals surface area contributed by atoms with Gasteiger partial charge >= 0.3 is 0 Å². The minimum absolute atomic E-state index is 0.392. The lowest BCUT2D eigenvalue weighted by atomic mass is 9.87. The number of benzene rings is 1. The summed E-state index contributed by atoms with van der Waals surface area (Å²) in [4.78, 5) is 0. The van der Waals surface area contributed by atoms with Crippen LogP contribution in [0.15, 0.2) is 18.2 Å². The van der Waals surface area contributed by atoms with Gasteiger partial charge in [-0.1, -0.05) is 6.07 Å². The van der Waals surface area contributed by atoms with E-state index in [0.717, 1.165) is 18.7 Å². The zero-order valence-corrected chi connectivity index (χ0v) is 10.5. The number of rotatable bonds is 4. The highest BCUT2D eigenvalue weighted by Crippen LogP contribution is 2.31. The molecule has 1 aliphatic carbocycles. The van der Waals surface area contributed by atoms with Crippen molar-refractivity contribution in [3.8, 4) is 5.75 Å². The van der Waals surface area contributed by atoms with Gasteiger partial charge in [0.25, 0.3) is 0 Å². The van der Waals surface area contributed by atoms with Crippen LogP contribution in [0.4, 0.5) is 0 Å². The molecule has 0 heterocycles. The molecule has 0 fully saturated rings. The van der Waals surface area contributed by atoms with Crippen LogP contribution in [0.1, 0.15) is 30.0 Å². The van der Waals surface area contributed by atoms with E-state index in [-0.39, 0.29) is 0 Å². The van der Waals surface area contributed by atoms with Crippen LogP contribution in [0.3, 0.4) is 0 Å². The van der Waals surface area contributed by atoms with Crippen LogP contribution in [-0.2, 0) is 6.42 Å². The van der Waals surface area contributed by atoms with Crippen molar-refractivity contribution in [3.05, 3.63) is 29.3 Å². The number of thioether (sulfide) groups is 1. The Morgan fingerprint density at radius 2 is 2.38 bits per heavy atom. The molecule has 2 rings (SSSR count). The molecule has 0 radical (unpaired) electrons. The molecule has 0 amide bonds. The fourth-order valence-corrected chi connectivity index (χ4v) is 2.67. The summed E-state index contributed by atoms with van der Waals surface area (Å²) in [6.45, 7) is 1.06. The Bertz CT molecular complexity index is 354. The summed E-state index contributed by atoms with van der Waals surface area (Å²) in [7, 11) is 0. The second-order valence-corrected chi connectivity index (χ2v) is 5.26. The second kappa shape index (κ2) is 5.60. The second-order valence-electron chi connectivity index (χ2n) is 4.27. The number of phenolic OH excluding ortho intramolecular Hbond substituents is 1. The highest BCUT2D eigenvalue weighted by atomic mass is 32.2. The number of hydrogen-bond donors (Lipinski definition) is 2. The summed E-state index contributed by atoms with van der Waals surface area (Å²) in [6, 6.07) is 6.27. The molecule has 1 atom stereocenters. The molecule has 0 aliphatic heterocycles. The molecule has 0 spiro atoms. The quantitative estimate of drug-likeness (QED) is 0.790. The predicted molar refractivity (Wildman–Crippen MR) is 70.2 cm³/mol. The Morgan fingerprint density at radius 1 is 1.50 bits per heavy atom. The van der Waals surface area contributed by atoms with Gasteiger partial charge < -0.3 is 10.4 Å². The molecule has 2 N–H and O–H groups in total. The Hall–Kier alpha value is -0.670. The van der Waals surface area contributed by atoms with Crippen molar-refractivity contribution in [2.24, 2.45) is 0 Å². The minimum atomic E-state index is 0.392. The molecular formula is C13H19NOS. The van der Waals surface area contributed by atoms with E-state index in [1.807, 2.05) is 17.8 Å². The maximum atomic E-state index is 9.46. The van der Waals surface area contributed by atoms with E-state index in [4.69, 9.17) is 0 Å². The first-order valence-corrected chi connectivity index (χ1v) is 7.25. The first-order chi connectivity index (χ1) is 7.81. The molecule has 0 saturated heterocycles. The van der Waals surface area contributed by atoms with Gasteiger partial charge in [0.1, 0.15) is 5.75 Å². The summed E-state index contributed by atoms with van der Waals surface area (Å²) >= 11 is 1.87. The third-order valence-corrected chi connectivity index (χ3v) is 3.75. The number of aryl methyl sites for hydroxylation is 1. The number of hydrogen-bond acceptors (Lipinski definition) is 3. The lowest BCUT2D eigenvalue weighted by Crippen LogP contribution is -2.27. The smallest absolute Gasteiger partial charge is 0.115 e. The van der Waals surface area contributed by atoms with Crippen molar-refractivity contribution in [3.63, 3.8) is 0 Å². The van der Waals surface area contributed by atoms with Crippen molar-refractivity contribution in [2.75, 3.05) is 18.6 Å². The van der Waals surface area contributed by atoms with E-state index >= 15 is 0 Å². The normalized spacial score (nSPS) is 19.4. The number of aromatic hydroxyl groups is 1. The summed E-state index contributed by atoms with van der Waals surface area (Å²) in [5, 5.41) is 13.1. The third kappa shape index (κ3) is 2.71. The summed E-state index contributed by atoms with van der Waals surface area (Å²) in [5.41, 5.74) is 2.69. The lowest BCUT2D eigenvalue weighted by molar-refractivity contribution is 0.458. The van der Waals surface area contributed by atoms with Gasteiger partial charge in [0, 0.05) is 18.3 Å². The predicted octanol–water partition coefficient (Wildman–Crippen LogP) is 2.72. The Morgan fingerprint density at radius 3 is 3.19 bits per heavy atom. The van der Waals surface area contributed by atoms with Gasteiger partial charge in [0.2, 0.25) is 0 Å². The Balaban J connectivity index is 2.07. The fraction of sp³-hybridized carbons (Fsp3) is 0.538. The number of fused-ring (bicyclic) bond motifs is 1. The molecule has 0 saturated carbocycles. The maximum Gasteiger partial charge on any atom is 0.115 e. The molecule has 1 aliphatic rings. The Labute approximate surface area is 101 Å². The van der Waals surface area contributed by atoms with Gasteiger partial charge in [-0.25, -0.2) is 0 Å². The van der Waals surface area contributed by atoms with Gasteiger partial charge in [-0.2, -0.15) is 11.8 Å². The summed E-state index contributed by atoms with van der Waals surface area (Å²) in [6.07, 6.45) is 5.67. The van der Waals surface area contributed by atoms with Crippen molar-refractivity contribution >= 4 is 11.8 Å². The minimum Gasteiger partial charge on any atom is -0.508 e. The van der Waals surface area contributed by atoms with Crippen LogP contribution in [0.2, 0.25) is 0 Å². The van der Waals surface area contributed by atoms with E-state index in [1.165, 1.54) is 24.0 Å². The van der Waals surface area contributed by atoms with Crippen molar-refractivity contribution in [2.45, 2.75) is 25.3 Å². The van der Waals surface area contributed by atoms with E-state index in [0.29, 0.717) is 11.8 Å². The first kappa shape index (κ1) is 11.8. The molecule has 3 heteroatoms. The van der Waals surface area contributed by atoms with Gasteiger partial charge in [0.05, 0.1) is 0 Å². The SMILES string of the molecule is CSCCNC1CCCc2cc(O)ccc21. The highest BCUT2D eigenvalue weighted by molar-refractivity contribution is 7.98. The Kier molecular flexibility index (Phi) is 4.13. The molecule has 1 aromatic rings. The molecule has 16 heavy (non-hydrogen) atoms. The van der Waals surface area contributed by atoms with Gasteiger partial charge in [-0.15, -0.1) is 0 Å². The van der Waals surface area contributed by atoms with Crippen LogP contribution in [-0.4, -0.2) is 23.7 Å². The van der Waals surface area contributed by atoms with Crippen molar-refractivity contribution < 1.29 is 5.11 Å². The molecule has 0 aromatic heterocycles. The average Bonchev–Trinajstić information content (AvgIpc) is 2.29. The number of phenols is 1. The fourth-order valence-electron chi connectivity index (χ4n) is 2.35. The van der Waals surface area contributed by atoms with E-state index in [9.17, 15) is 5.11 Å². The van der Waals surface area contributed by atoms with E-state index in [2.05, 4.69) is 17.6 Å². The third-order valence-electron chi connectivity index (χ3n) is 3.14. The van der Waals surface area contributed by atoms with Gasteiger partial charge in [0.15, 0.2) is 0 Å². The van der Waals surface area contributed by atoms with Crippen LogP contribution >= 0.6 is 11.8 Å². The zero-order chi connectivity index (χ0) is 11.4. The van der Waals surface area contributed by atoms with Crippen LogP contribution in [0.5, 0.6) is 5.75 Å². The largest absolute Gasteiger partial charge is 0.508 e. The summed E-state index contributed by atoms with van der Waals surface area (Å²) in [5.74, 6) is 1.55. The van der Waals surface area contributed by atoms with Crippen LogP contribution < -0.4 is 5.32 Å². The zero-order valence-electron chi connectivity index (χ0n) is 9.70. The van der Waals surface area contributed by atoms with Gasteiger partial charge in [-0.05, 0) is 48.8 Å². The monoisotopic (exact) mass is 237 g/mol. The topological polar surface area (TPSA) is 32.3 Å². The van der Waals surface area contributed by atoms with Crippen molar-refractivity contribution in [1.82, 2.24) is 5.32 Å². The average molecular weight is 237 g/mol. The summed E-state index contributed by atoms with van der Waals surface area (Å²) < 4.78 is 0. The lowest BCUT2D eigenvalue weighted by Gasteiger charge is -2.26. The standard InChI is InChI=1S/C13H19NOS/c1-16-8-7-14-13-4-2-3-10-9-11(15)5-6-12(10)13/h5-6,9,13-15H,2-4,7-8H2,1H3. The van der Waals surface area contributed by atoms with E-state index in [1.54, 1.807) is 6.07 Å². The molecule has 0 bridgehead atoms. The van der Waals surface area contributed by atoms with Crippen LogP contribution in [0, 0.1) is 0 Å². The maximum absolute atomic E-state index is 9.46. The highest BCUT2D eigenvalue weighted by Gasteiger charge is 2.19. The molecule has 88 valence electrons. The molecule has 1 aromatic carbocycles. The molecular weight excluding hydrogens is 218 g/mol.